The molecule has 144 valence electrons. The van der Waals surface area contributed by atoms with Crippen LogP contribution in [-0.2, 0) is 16.3 Å². The lowest BCUT2D eigenvalue weighted by atomic mass is 10.2. The zero-order valence-corrected chi connectivity index (χ0v) is 17.4. The molecule has 1 amide bonds. The lowest BCUT2D eigenvalue weighted by Crippen LogP contribution is -2.22. The fourth-order valence-corrected chi connectivity index (χ4v) is 4.52. The van der Waals surface area contributed by atoms with Crippen molar-refractivity contribution >= 4 is 46.7 Å². The highest BCUT2D eigenvalue weighted by atomic mass is 35.5. The normalized spacial score (nSPS) is 12.7. The summed E-state index contributed by atoms with van der Waals surface area (Å²) in [6.45, 7) is 1.86. The molecule has 0 aliphatic carbocycles. The maximum atomic E-state index is 12.6. The van der Waals surface area contributed by atoms with E-state index in [9.17, 15) is 4.79 Å². The molecule has 3 aromatic rings. The van der Waals surface area contributed by atoms with Crippen molar-refractivity contribution in [2.75, 3.05) is 11.9 Å². The summed E-state index contributed by atoms with van der Waals surface area (Å²) in [5.41, 5.74) is 4.09. The Balaban J connectivity index is 1.56. The van der Waals surface area contributed by atoms with E-state index in [0.717, 1.165) is 34.0 Å². The number of carbonyl (C=O) groups excluding carboxylic acids is 1. The summed E-state index contributed by atoms with van der Waals surface area (Å²) in [7, 11) is 0. The average Bonchev–Trinajstić information content (AvgIpc) is 3.24. The van der Waals surface area contributed by atoms with Crippen LogP contribution in [0.4, 0.5) is 5.82 Å². The van der Waals surface area contributed by atoms with E-state index in [-0.39, 0.29) is 12.5 Å². The van der Waals surface area contributed by atoms with Crippen molar-refractivity contribution in [3.63, 3.8) is 0 Å². The van der Waals surface area contributed by atoms with Crippen LogP contribution in [0.1, 0.15) is 16.8 Å². The molecule has 5 nitrogen and oxygen atoms in total. The predicted octanol–water partition coefficient (Wildman–Crippen LogP) is 5.25. The van der Waals surface area contributed by atoms with E-state index in [4.69, 9.17) is 33.0 Å². The molecule has 0 saturated carbocycles. The van der Waals surface area contributed by atoms with Crippen LogP contribution in [0.3, 0.4) is 0 Å². The Morgan fingerprint density at radius 3 is 2.86 bits per heavy atom. The van der Waals surface area contributed by atoms with Gasteiger partial charge in [0.2, 0.25) is 0 Å². The van der Waals surface area contributed by atoms with Gasteiger partial charge in [-0.2, -0.15) is 16.9 Å². The molecule has 2 aromatic carbocycles. The van der Waals surface area contributed by atoms with Crippen LogP contribution in [0, 0.1) is 6.92 Å². The number of carbonyl (C=O) groups is 1. The molecule has 4 rings (SSSR count). The van der Waals surface area contributed by atoms with E-state index in [1.54, 1.807) is 30.0 Å². The number of benzene rings is 2. The minimum absolute atomic E-state index is 0.164. The molecule has 1 aromatic heterocycles. The first-order valence-corrected chi connectivity index (χ1v) is 10.6. The Kier molecular flexibility index (Phi) is 5.53. The second-order valence-corrected chi connectivity index (χ2v) is 8.21. The third-order valence-corrected chi connectivity index (χ3v) is 5.91. The number of para-hydroxylation sites is 1. The maximum Gasteiger partial charge on any atom is 0.263 e. The monoisotopic (exact) mass is 433 g/mol. The van der Waals surface area contributed by atoms with E-state index in [1.165, 1.54) is 0 Å². The third-order valence-electron chi connectivity index (χ3n) is 4.41. The molecular weight excluding hydrogens is 417 g/mol. The Labute approximate surface area is 177 Å². The second-order valence-electron chi connectivity index (χ2n) is 6.38. The number of anilines is 1. The molecule has 28 heavy (non-hydrogen) atoms. The van der Waals surface area contributed by atoms with E-state index in [2.05, 4.69) is 5.32 Å². The van der Waals surface area contributed by atoms with Gasteiger partial charge in [-0.3, -0.25) is 4.79 Å². The number of halogens is 2. The molecule has 0 bridgehead atoms. The van der Waals surface area contributed by atoms with Crippen LogP contribution >= 0.6 is 35.0 Å². The van der Waals surface area contributed by atoms with Gasteiger partial charge in [-0.05, 0) is 36.8 Å². The highest BCUT2D eigenvalue weighted by Gasteiger charge is 2.25. The Hall–Kier alpha value is -2.15. The van der Waals surface area contributed by atoms with E-state index >= 15 is 0 Å². The van der Waals surface area contributed by atoms with Crippen LogP contribution in [0.25, 0.3) is 5.69 Å². The summed E-state index contributed by atoms with van der Waals surface area (Å²) >= 11 is 13.8. The molecule has 0 radical (unpaired) electrons. The fourth-order valence-electron chi connectivity index (χ4n) is 3.02. The number of rotatable bonds is 5. The number of aromatic nitrogens is 2. The van der Waals surface area contributed by atoms with Crippen molar-refractivity contribution in [2.45, 2.75) is 18.4 Å². The first kappa shape index (κ1) is 19.2. The van der Waals surface area contributed by atoms with Crippen molar-refractivity contribution in [3.8, 4) is 11.4 Å². The number of hydrogen-bond donors (Lipinski definition) is 1. The van der Waals surface area contributed by atoms with Crippen molar-refractivity contribution in [3.05, 3.63) is 69.3 Å². The van der Waals surface area contributed by atoms with Crippen LogP contribution < -0.4 is 10.1 Å². The van der Waals surface area contributed by atoms with Gasteiger partial charge in [-0.1, -0.05) is 41.4 Å². The number of fused-ring (bicyclic) bond motifs is 1. The molecule has 0 fully saturated rings. The van der Waals surface area contributed by atoms with Crippen LogP contribution in [0.5, 0.6) is 5.75 Å². The number of thioether (sulfide) groups is 1. The molecule has 1 N–H and O–H groups in total. The molecule has 0 unspecified atom stereocenters. The van der Waals surface area contributed by atoms with Crippen molar-refractivity contribution in [1.82, 2.24) is 9.78 Å². The number of nitrogens with zero attached hydrogens (tertiary/aromatic N) is 2. The minimum atomic E-state index is -0.277. The summed E-state index contributed by atoms with van der Waals surface area (Å²) in [6, 6.07) is 12.8. The Morgan fingerprint density at radius 1 is 1.25 bits per heavy atom. The SMILES string of the molecule is Cc1ccccc1-n1nc2c(c1NC(=O)COc1ccc(Cl)cc1Cl)CSC2. The average molecular weight is 434 g/mol. The number of amides is 1. The first-order chi connectivity index (χ1) is 13.5. The largest absolute Gasteiger partial charge is 0.482 e. The molecule has 0 spiro atoms. The van der Waals surface area contributed by atoms with Crippen LogP contribution in [-0.4, -0.2) is 22.3 Å². The molecule has 8 heteroatoms. The summed E-state index contributed by atoms with van der Waals surface area (Å²) in [5.74, 6) is 2.49. The van der Waals surface area contributed by atoms with Gasteiger partial charge in [-0.15, -0.1) is 0 Å². The maximum absolute atomic E-state index is 12.6. The smallest absolute Gasteiger partial charge is 0.263 e. The molecule has 0 saturated heterocycles. The number of hydrogen-bond acceptors (Lipinski definition) is 4. The van der Waals surface area contributed by atoms with Crippen molar-refractivity contribution in [1.29, 1.82) is 0 Å². The molecule has 1 aliphatic heterocycles. The number of ether oxygens (including phenoxy) is 1. The first-order valence-electron chi connectivity index (χ1n) is 8.65. The van der Waals surface area contributed by atoms with Crippen molar-refractivity contribution in [2.24, 2.45) is 0 Å². The molecule has 1 aliphatic rings. The highest BCUT2D eigenvalue weighted by Crippen LogP contribution is 2.36. The van der Waals surface area contributed by atoms with Gasteiger partial charge in [0.1, 0.15) is 11.6 Å². The fraction of sp³-hybridized carbons (Fsp3) is 0.200. The van der Waals surface area contributed by atoms with Gasteiger partial charge >= 0.3 is 0 Å². The predicted molar refractivity (Wildman–Crippen MR) is 114 cm³/mol. The van der Waals surface area contributed by atoms with Gasteiger partial charge < -0.3 is 10.1 Å². The summed E-state index contributed by atoms with van der Waals surface area (Å²) < 4.78 is 7.37. The summed E-state index contributed by atoms with van der Waals surface area (Å²) in [6.07, 6.45) is 0. The lowest BCUT2D eigenvalue weighted by molar-refractivity contribution is -0.118. The van der Waals surface area contributed by atoms with E-state index in [0.29, 0.717) is 21.6 Å². The summed E-state index contributed by atoms with van der Waals surface area (Å²) in [5, 5.41) is 8.57. The second kappa shape index (κ2) is 8.07. The van der Waals surface area contributed by atoms with Gasteiger partial charge in [0.05, 0.1) is 16.4 Å². The van der Waals surface area contributed by atoms with Gasteiger partial charge in [-0.25, -0.2) is 4.68 Å². The quantitative estimate of drug-likeness (QED) is 0.596. The van der Waals surface area contributed by atoms with Gasteiger partial charge in [0.25, 0.3) is 5.91 Å². The van der Waals surface area contributed by atoms with E-state index < -0.39 is 0 Å². The van der Waals surface area contributed by atoms with E-state index in [1.807, 2.05) is 35.9 Å². The molecule has 2 heterocycles. The zero-order chi connectivity index (χ0) is 19.7. The zero-order valence-electron chi connectivity index (χ0n) is 15.0. The Bertz CT molecular complexity index is 1050. The molecular formula is C20H17Cl2N3O2S. The number of nitrogens with one attached hydrogen (secondary N) is 1. The van der Waals surface area contributed by atoms with Gasteiger partial charge in [0, 0.05) is 22.1 Å². The summed E-state index contributed by atoms with van der Waals surface area (Å²) in [4.78, 5) is 12.6. The highest BCUT2D eigenvalue weighted by molar-refractivity contribution is 7.98. The number of aryl methyl sites for hydroxylation is 1. The third kappa shape index (κ3) is 3.85. The van der Waals surface area contributed by atoms with Gasteiger partial charge in [0.15, 0.2) is 6.61 Å². The van der Waals surface area contributed by atoms with Crippen LogP contribution in [0.15, 0.2) is 42.5 Å². The topological polar surface area (TPSA) is 56.2 Å². The lowest BCUT2D eigenvalue weighted by Gasteiger charge is -2.13. The minimum Gasteiger partial charge on any atom is -0.482 e. The molecule has 0 atom stereocenters. The van der Waals surface area contributed by atoms with Crippen molar-refractivity contribution < 1.29 is 9.53 Å². The standard InChI is InChI=1S/C20H17Cl2N3O2S/c1-12-4-2-3-5-17(12)25-20(14-10-28-11-16(14)24-25)23-19(26)9-27-18-7-6-13(21)8-15(18)22/h2-8H,9-11H2,1H3,(H,23,26). The Morgan fingerprint density at radius 2 is 2.07 bits per heavy atom. The van der Waals surface area contributed by atoms with Crippen LogP contribution in [0.2, 0.25) is 10.0 Å².